The highest BCUT2D eigenvalue weighted by atomic mass is 35.5. The molecule has 0 aromatic heterocycles. The van der Waals surface area contributed by atoms with Crippen molar-refractivity contribution < 1.29 is 14.8 Å². The third kappa shape index (κ3) is 3.46. The number of halogens is 1. The van der Waals surface area contributed by atoms with Crippen LogP contribution in [0.3, 0.4) is 0 Å². The summed E-state index contributed by atoms with van der Waals surface area (Å²) in [6, 6.07) is 11.2. The predicted octanol–water partition coefficient (Wildman–Crippen LogP) is 3.58. The first-order chi connectivity index (χ1) is 9.60. The predicted molar refractivity (Wildman–Crippen MR) is 75.4 cm³/mol. The van der Waals surface area contributed by atoms with Crippen LogP contribution in [0.1, 0.15) is 5.56 Å². The Labute approximate surface area is 120 Å². The Balaban J connectivity index is 2.23. The van der Waals surface area contributed by atoms with Crippen molar-refractivity contribution in [3.63, 3.8) is 0 Å². The quantitative estimate of drug-likeness (QED) is 0.675. The number of benzene rings is 2. The lowest BCUT2D eigenvalue weighted by Crippen LogP contribution is -1.94. The Hall–Kier alpha value is -2.11. The Morgan fingerprint density at radius 1 is 1.20 bits per heavy atom. The number of nitrogens with zero attached hydrogens (tertiary/aromatic N) is 1. The molecular formula is C14H12ClNO4. The molecule has 1 N–H and O–H groups in total. The molecule has 0 saturated heterocycles. The zero-order chi connectivity index (χ0) is 14.5. The van der Waals surface area contributed by atoms with E-state index < -0.39 is 4.92 Å². The SMILES string of the molecule is O=[N+]([O-])c1cc(Cl)ccc1Oc1ccc(CCO)cc1. The molecule has 0 fully saturated rings. The van der Waals surface area contributed by atoms with Crippen LogP contribution in [0.4, 0.5) is 5.69 Å². The van der Waals surface area contributed by atoms with Gasteiger partial charge in [-0.15, -0.1) is 0 Å². The monoisotopic (exact) mass is 293 g/mol. The summed E-state index contributed by atoms with van der Waals surface area (Å²) in [6.45, 7) is 0.0723. The summed E-state index contributed by atoms with van der Waals surface area (Å²) in [4.78, 5) is 10.4. The maximum Gasteiger partial charge on any atom is 0.313 e. The molecule has 0 saturated carbocycles. The molecule has 2 aromatic rings. The van der Waals surface area contributed by atoms with E-state index in [1.54, 1.807) is 24.3 Å². The van der Waals surface area contributed by atoms with Gasteiger partial charge in [0.15, 0.2) is 0 Å². The summed E-state index contributed by atoms with van der Waals surface area (Å²) in [7, 11) is 0. The molecule has 0 heterocycles. The first-order valence-corrected chi connectivity index (χ1v) is 6.29. The summed E-state index contributed by atoms with van der Waals surface area (Å²) in [5.74, 6) is 0.617. The minimum absolute atomic E-state index is 0.0723. The molecule has 2 aromatic carbocycles. The number of ether oxygens (including phenoxy) is 1. The number of nitro benzene ring substituents is 1. The fraction of sp³-hybridized carbons (Fsp3) is 0.143. The van der Waals surface area contributed by atoms with Crippen LogP contribution >= 0.6 is 11.6 Å². The van der Waals surface area contributed by atoms with E-state index in [0.717, 1.165) is 5.56 Å². The minimum atomic E-state index is -0.540. The lowest BCUT2D eigenvalue weighted by molar-refractivity contribution is -0.385. The molecule has 0 aliphatic carbocycles. The molecule has 104 valence electrons. The number of rotatable bonds is 5. The van der Waals surface area contributed by atoms with E-state index in [-0.39, 0.29) is 23.1 Å². The lowest BCUT2D eigenvalue weighted by Gasteiger charge is -2.07. The third-order valence-electron chi connectivity index (χ3n) is 2.67. The molecule has 2 rings (SSSR count). The van der Waals surface area contributed by atoms with Crippen molar-refractivity contribution in [1.29, 1.82) is 0 Å². The molecule has 6 heteroatoms. The Bertz CT molecular complexity index is 613. The third-order valence-corrected chi connectivity index (χ3v) is 2.90. The van der Waals surface area contributed by atoms with Crippen molar-refractivity contribution in [3.8, 4) is 11.5 Å². The van der Waals surface area contributed by atoms with Gasteiger partial charge in [0.1, 0.15) is 5.75 Å². The summed E-state index contributed by atoms with van der Waals surface area (Å²) in [6.07, 6.45) is 0.557. The lowest BCUT2D eigenvalue weighted by atomic mass is 10.1. The van der Waals surface area contributed by atoms with E-state index in [9.17, 15) is 10.1 Å². The molecule has 20 heavy (non-hydrogen) atoms. The Morgan fingerprint density at radius 2 is 1.90 bits per heavy atom. The second-order valence-electron chi connectivity index (χ2n) is 4.09. The Kier molecular flexibility index (Phi) is 4.55. The smallest absolute Gasteiger partial charge is 0.313 e. The van der Waals surface area contributed by atoms with Gasteiger partial charge >= 0.3 is 5.69 Å². The van der Waals surface area contributed by atoms with E-state index in [0.29, 0.717) is 12.2 Å². The molecule has 0 spiro atoms. The zero-order valence-corrected chi connectivity index (χ0v) is 11.2. The largest absolute Gasteiger partial charge is 0.450 e. The first kappa shape index (κ1) is 14.3. The standard InChI is InChI=1S/C14H12ClNO4/c15-11-3-6-14(13(9-11)16(18)19)20-12-4-1-10(2-5-12)7-8-17/h1-6,9,17H,7-8H2. The van der Waals surface area contributed by atoms with Gasteiger partial charge in [0.05, 0.1) is 4.92 Å². The average Bonchev–Trinajstić information content (AvgIpc) is 2.43. The van der Waals surface area contributed by atoms with Crippen LogP contribution in [0.5, 0.6) is 11.5 Å². The molecule has 0 aliphatic heterocycles. The van der Waals surface area contributed by atoms with E-state index in [1.807, 2.05) is 0 Å². The molecule has 0 unspecified atom stereocenters. The normalized spacial score (nSPS) is 10.3. The van der Waals surface area contributed by atoms with Crippen molar-refractivity contribution in [3.05, 3.63) is 63.2 Å². The maximum atomic E-state index is 10.9. The topological polar surface area (TPSA) is 72.6 Å². The van der Waals surface area contributed by atoms with E-state index in [1.165, 1.54) is 18.2 Å². The van der Waals surface area contributed by atoms with E-state index in [4.69, 9.17) is 21.4 Å². The van der Waals surface area contributed by atoms with Gasteiger partial charge in [0.2, 0.25) is 5.75 Å². The van der Waals surface area contributed by atoms with Gasteiger partial charge in [0.25, 0.3) is 0 Å². The highest BCUT2D eigenvalue weighted by molar-refractivity contribution is 6.30. The zero-order valence-electron chi connectivity index (χ0n) is 10.5. The van der Waals surface area contributed by atoms with Crippen molar-refractivity contribution in [1.82, 2.24) is 0 Å². The molecule has 0 amide bonds. The first-order valence-electron chi connectivity index (χ1n) is 5.92. The highest BCUT2D eigenvalue weighted by Crippen LogP contribution is 2.33. The van der Waals surface area contributed by atoms with Gasteiger partial charge in [-0.3, -0.25) is 10.1 Å². The molecule has 0 radical (unpaired) electrons. The summed E-state index contributed by atoms with van der Waals surface area (Å²) in [5.41, 5.74) is 0.780. The second kappa shape index (κ2) is 6.36. The Morgan fingerprint density at radius 3 is 2.50 bits per heavy atom. The molecule has 0 aliphatic rings. The van der Waals surface area contributed by atoms with Crippen molar-refractivity contribution in [2.24, 2.45) is 0 Å². The molecule has 0 atom stereocenters. The van der Waals surface area contributed by atoms with E-state index in [2.05, 4.69) is 0 Å². The van der Waals surface area contributed by atoms with Crippen molar-refractivity contribution >= 4 is 17.3 Å². The number of hydrogen-bond acceptors (Lipinski definition) is 4. The van der Waals surface area contributed by atoms with Gasteiger partial charge in [-0.05, 0) is 36.2 Å². The highest BCUT2D eigenvalue weighted by Gasteiger charge is 2.16. The summed E-state index contributed by atoms with van der Waals surface area (Å²) >= 11 is 5.74. The number of nitro groups is 1. The second-order valence-corrected chi connectivity index (χ2v) is 4.53. The summed E-state index contributed by atoms with van der Waals surface area (Å²) in [5, 5.41) is 20.1. The van der Waals surface area contributed by atoms with E-state index >= 15 is 0 Å². The van der Waals surface area contributed by atoms with Crippen LogP contribution in [0.2, 0.25) is 5.02 Å². The van der Waals surface area contributed by atoms with Gasteiger partial charge in [0, 0.05) is 17.7 Å². The maximum absolute atomic E-state index is 10.9. The van der Waals surface area contributed by atoms with Gasteiger partial charge in [-0.25, -0.2) is 0 Å². The minimum Gasteiger partial charge on any atom is -0.450 e. The fourth-order valence-corrected chi connectivity index (χ4v) is 1.87. The van der Waals surface area contributed by atoms with Gasteiger partial charge < -0.3 is 9.84 Å². The number of hydrogen-bond donors (Lipinski definition) is 1. The van der Waals surface area contributed by atoms with Crippen LogP contribution in [0.15, 0.2) is 42.5 Å². The number of aliphatic hydroxyl groups is 1. The van der Waals surface area contributed by atoms with Crippen molar-refractivity contribution in [2.45, 2.75) is 6.42 Å². The number of aliphatic hydroxyl groups excluding tert-OH is 1. The van der Waals surface area contributed by atoms with Gasteiger partial charge in [-0.1, -0.05) is 23.7 Å². The average molecular weight is 294 g/mol. The van der Waals surface area contributed by atoms with Crippen LogP contribution in [0.25, 0.3) is 0 Å². The van der Waals surface area contributed by atoms with Gasteiger partial charge in [-0.2, -0.15) is 0 Å². The fourth-order valence-electron chi connectivity index (χ4n) is 1.70. The van der Waals surface area contributed by atoms with Crippen molar-refractivity contribution in [2.75, 3.05) is 6.61 Å². The molecular weight excluding hydrogens is 282 g/mol. The van der Waals surface area contributed by atoms with Crippen LogP contribution < -0.4 is 4.74 Å². The van der Waals surface area contributed by atoms with Crippen LogP contribution in [-0.2, 0) is 6.42 Å². The molecule has 0 bridgehead atoms. The van der Waals surface area contributed by atoms with Crippen LogP contribution in [-0.4, -0.2) is 16.6 Å². The van der Waals surface area contributed by atoms with Crippen LogP contribution in [0, 0.1) is 10.1 Å². The summed E-state index contributed by atoms with van der Waals surface area (Å²) < 4.78 is 5.50. The molecule has 5 nitrogen and oxygen atoms in total.